The van der Waals surface area contributed by atoms with Gasteiger partial charge in [0.1, 0.15) is 0 Å². The van der Waals surface area contributed by atoms with Gasteiger partial charge in [0.05, 0.1) is 32.2 Å². The average Bonchev–Trinajstić information content (AvgIpc) is 3.57. The van der Waals surface area contributed by atoms with Crippen molar-refractivity contribution >= 4 is 107 Å². The Labute approximate surface area is 255 Å². The highest BCUT2D eigenvalue weighted by Gasteiger charge is 2.23. The van der Waals surface area contributed by atoms with Crippen molar-refractivity contribution in [3.63, 3.8) is 0 Å². The number of nitrogens with zero attached hydrogens (tertiary/aromatic N) is 2. The topological polar surface area (TPSA) is 24.7 Å². The SMILES string of the molecule is c1ccc(C2=Nc3ccccc3N=C(c3cccc4c3sc3c4cc4c5ccccc5c5cccc6sc3c4c65)C2)cc1. The maximum Gasteiger partial charge on any atom is 0.0889 e. The number of hydrogen-bond donors (Lipinski definition) is 0. The van der Waals surface area contributed by atoms with Crippen molar-refractivity contribution in [1.82, 2.24) is 0 Å². The van der Waals surface area contributed by atoms with E-state index >= 15 is 0 Å². The van der Waals surface area contributed by atoms with Gasteiger partial charge >= 0.3 is 0 Å². The summed E-state index contributed by atoms with van der Waals surface area (Å²) in [4.78, 5) is 10.4. The number of rotatable bonds is 2. The Morgan fingerprint density at radius 2 is 1.12 bits per heavy atom. The molecule has 1 aliphatic heterocycles. The molecular weight excluding hydrogens is 561 g/mol. The molecule has 10 rings (SSSR count). The van der Waals surface area contributed by atoms with Crippen molar-refractivity contribution in [1.29, 1.82) is 0 Å². The van der Waals surface area contributed by atoms with E-state index in [1.165, 1.54) is 67.5 Å². The van der Waals surface area contributed by atoms with Crippen molar-refractivity contribution in [2.24, 2.45) is 9.98 Å². The van der Waals surface area contributed by atoms with Gasteiger partial charge in [-0.2, -0.15) is 0 Å². The number of fused-ring (bicyclic) bond motifs is 8. The third-order valence-electron chi connectivity index (χ3n) is 8.89. The third kappa shape index (κ3) is 3.33. The summed E-state index contributed by atoms with van der Waals surface area (Å²) in [5, 5.41) is 10.8. The highest BCUT2D eigenvalue weighted by atomic mass is 32.1. The molecule has 0 saturated carbocycles. The largest absolute Gasteiger partial charge is 0.250 e. The highest BCUT2D eigenvalue weighted by Crippen LogP contribution is 2.51. The number of hydrogen-bond acceptors (Lipinski definition) is 4. The van der Waals surface area contributed by atoms with E-state index in [2.05, 4.69) is 115 Å². The zero-order valence-corrected chi connectivity index (χ0v) is 24.6. The van der Waals surface area contributed by atoms with Crippen molar-refractivity contribution < 1.29 is 0 Å². The summed E-state index contributed by atoms with van der Waals surface area (Å²) < 4.78 is 5.43. The first-order chi connectivity index (χ1) is 21.3. The van der Waals surface area contributed by atoms with Gasteiger partial charge < -0.3 is 0 Å². The van der Waals surface area contributed by atoms with Crippen LogP contribution in [0.3, 0.4) is 0 Å². The third-order valence-corrected chi connectivity index (χ3v) is 11.5. The van der Waals surface area contributed by atoms with Crippen LogP contribution in [0.25, 0.3) is 61.9 Å². The van der Waals surface area contributed by atoms with Crippen LogP contribution >= 0.6 is 22.7 Å². The van der Waals surface area contributed by atoms with Crippen LogP contribution in [0.15, 0.2) is 131 Å². The molecule has 2 nitrogen and oxygen atoms in total. The quantitative estimate of drug-likeness (QED) is 0.181. The Morgan fingerprint density at radius 1 is 0.442 bits per heavy atom. The molecule has 0 spiro atoms. The molecule has 0 radical (unpaired) electrons. The minimum Gasteiger partial charge on any atom is -0.250 e. The van der Waals surface area contributed by atoms with Gasteiger partial charge in [0.15, 0.2) is 0 Å². The van der Waals surface area contributed by atoms with Gasteiger partial charge in [-0.05, 0) is 51.4 Å². The zero-order chi connectivity index (χ0) is 28.1. The number of para-hydroxylation sites is 2. The smallest absolute Gasteiger partial charge is 0.0889 e. The summed E-state index contributed by atoms with van der Waals surface area (Å²) in [6.07, 6.45) is 0.673. The molecule has 3 heterocycles. The molecule has 200 valence electrons. The van der Waals surface area contributed by atoms with Crippen molar-refractivity contribution in [2.45, 2.75) is 6.42 Å². The van der Waals surface area contributed by atoms with Crippen LogP contribution in [0.5, 0.6) is 0 Å². The van der Waals surface area contributed by atoms with Gasteiger partial charge in [-0.15, -0.1) is 22.7 Å². The van der Waals surface area contributed by atoms with E-state index in [0.29, 0.717) is 6.42 Å². The first-order valence-corrected chi connectivity index (χ1v) is 16.2. The van der Waals surface area contributed by atoms with Gasteiger partial charge in [0.2, 0.25) is 0 Å². The minimum atomic E-state index is 0.673. The van der Waals surface area contributed by atoms with Crippen LogP contribution in [0.4, 0.5) is 11.4 Å². The lowest BCUT2D eigenvalue weighted by molar-refractivity contribution is 1.45. The Hall–Kier alpha value is -4.90. The maximum absolute atomic E-state index is 5.29. The summed E-state index contributed by atoms with van der Waals surface area (Å²) in [5.41, 5.74) is 6.29. The van der Waals surface area contributed by atoms with Gasteiger partial charge in [-0.25, -0.2) is 0 Å². The van der Waals surface area contributed by atoms with E-state index < -0.39 is 0 Å². The molecule has 7 aromatic carbocycles. The molecule has 0 aliphatic carbocycles. The van der Waals surface area contributed by atoms with E-state index in [1.807, 2.05) is 28.7 Å². The summed E-state index contributed by atoms with van der Waals surface area (Å²) in [6, 6.07) is 43.7. The molecule has 0 unspecified atom stereocenters. The Balaban J connectivity index is 1.29. The molecule has 0 saturated heterocycles. The second kappa shape index (κ2) is 8.81. The number of benzene rings is 7. The maximum atomic E-state index is 5.29. The first-order valence-electron chi connectivity index (χ1n) is 14.5. The normalized spacial score (nSPS) is 13.8. The molecule has 9 aromatic rings. The predicted molar refractivity (Wildman–Crippen MR) is 188 cm³/mol. The van der Waals surface area contributed by atoms with E-state index in [-0.39, 0.29) is 0 Å². The number of aliphatic imine (C=N–C) groups is 2. The van der Waals surface area contributed by atoms with Crippen molar-refractivity contribution in [3.05, 3.63) is 132 Å². The fourth-order valence-corrected chi connectivity index (χ4v) is 9.69. The lowest BCUT2D eigenvalue weighted by Gasteiger charge is -2.10. The van der Waals surface area contributed by atoms with Crippen LogP contribution in [0, 0.1) is 0 Å². The van der Waals surface area contributed by atoms with Gasteiger partial charge in [0.25, 0.3) is 0 Å². The minimum absolute atomic E-state index is 0.673. The first kappa shape index (κ1) is 23.6. The van der Waals surface area contributed by atoms with Crippen LogP contribution in [0.2, 0.25) is 0 Å². The van der Waals surface area contributed by atoms with Gasteiger partial charge in [-0.3, -0.25) is 9.98 Å². The predicted octanol–water partition coefficient (Wildman–Crippen LogP) is 11.8. The summed E-state index contributed by atoms with van der Waals surface area (Å²) in [6.45, 7) is 0. The number of thiophene rings is 2. The van der Waals surface area contributed by atoms with Crippen LogP contribution in [-0.2, 0) is 0 Å². The molecule has 1 aliphatic rings. The van der Waals surface area contributed by atoms with E-state index in [1.54, 1.807) is 0 Å². The summed E-state index contributed by atoms with van der Waals surface area (Å²) in [7, 11) is 0. The van der Waals surface area contributed by atoms with Crippen molar-refractivity contribution in [3.8, 4) is 0 Å². The Morgan fingerprint density at radius 3 is 1.95 bits per heavy atom. The Kier molecular flexibility index (Phi) is 4.84. The van der Waals surface area contributed by atoms with E-state index in [4.69, 9.17) is 9.98 Å². The molecule has 0 bridgehead atoms. The standard InChI is InChI=1S/C39H22N2S2/c1-2-10-22(11-3-1)32-21-33(41-31-18-7-6-17-30(31)40-32)27-16-8-15-26-29-20-28-24-13-5-4-12-23(24)25-14-9-19-34-35(25)36(28)39(42-34)38(29)43-37(26)27/h1-20H,21H2. The van der Waals surface area contributed by atoms with E-state index in [9.17, 15) is 0 Å². The highest BCUT2D eigenvalue weighted by molar-refractivity contribution is 7.34. The molecule has 4 heteroatoms. The zero-order valence-electron chi connectivity index (χ0n) is 23.0. The lowest BCUT2D eigenvalue weighted by atomic mass is 9.93. The van der Waals surface area contributed by atoms with Crippen molar-refractivity contribution in [2.75, 3.05) is 0 Å². The molecule has 2 aromatic heterocycles. The molecular formula is C39H22N2S2. The van der Waals surface area contributed by atoms with Crippen LogP contribution < -0.4 is 0 Å². The second-order valence-corrected chi connectivity index (χ2v) is 13.3. The van der Waals surface area contributed by atoms with Crippen LogP contribution in [-0.4, -0.2) is 11.4 Å². The fraction of sp³-hybridized carbons (Fsp3) is 0.0256. The monoisotopic (exact) mass is 582 g/mol. The molecule has 0 N–H and O–H groups in total. The van der Waals surface area contributed by atoms with E-state index in [0.717, 1.165) is 28.4 Å². The van der Waals surface area contributed by atoms with Gasteiger partial charge in [0, 0.05) is 42.9 Å². The van der Waals surface area contributed by atoms with Crippen LogP contribution in [0.1, 0.15) is 17.5 Å². The summed E-state index contributed by atoms with van der Waals surface area (Å²) >= 11 is 3.86. The molecule has 0 fully saturated rings. The average molecular weight is 583 g/mol. The summed E-state index contributed by atoms with van der Waals surface area (Å²) in [5.74, 6) is 0. The molecule has 0 amide bonds. The second-order valence-electron chi connectivity index (χ2n) is 11.3. The lowest BCUT2D eigenvalue weighted by Crippen LogP contribution is -2.09. The fourth-order valence-electron chi connectivity index (χ4n) is 6.98. The molecule has 0 atom stereocenters. The van der Waals surface area contributed by atoms with Gasteiger partial charge in [-0.1, -0.05) is 97.1 Å². The Bertz CT molecular complexity index is 2640. The molecule has 43 heavy (non-hydrogen) atoms.